The number of H-pyrrole nitrogens is 1. The predicted octanol–water partition coefficient (Wildman–Crippen LogP) is 1.79. The van der Waals surface area contributed by atoms with Gasteiger partial charge in [0.05, 0.1) is 17.6 Å². The Bertz CT molecular complexity index is 621. The van der Waals surface area contributed by atoms with Crippen molar-refractivity contribution in [2.45, 2.75) is 19.8 Å². The van der Waals surface area contributed by atoms with E-state index in [9.17, 15) is 9.59 Å². The second-order valence-corrected chi connectivity index (χ2v) is 4.71. The molecule has 6 heteroatoms. The molecule has 0 saturated heterocycles. The smallest absolute Gasteiger partial charge is 0.308 e. The van der Waals surface area contributed by atoms with E-state index in [1.807, 2.05) is 6.92 Å². The van der Waals surface area contributed by atoms with E-state index in [4.69, 9.17) is 5.11 Å². The van der Waals surface area contributed by atoms with Crippen molar-refractivity contribution in [3.05, 3.63) is 30.0 Å². The normalized spacial score (nSPS) is 12.2. The standard InChI is InChI=1S/C14H17N3O3/c1-2-3-11(14(19)20)7-15-13(18)9-4-5-10-8-16-17-12(10)6-9/h4-6,8,11H,2-3,7H2,1H3,(H,15,18)(H,16,17)(H,19,20). The van der Waals surface area contributed by atoms with E-state index in [1.165, 1.54) is 0 Å². The van der Waals surface area contributed by atoms with Gasteiger partial charge in [0.15, 0.2) is 0 Å². The summed E-state index contributed by atoms with van der Waals surface area (Å²) in [4.78, 5) is 23.0. The number of carboxylic acid groups (broad SMARTS) is 1. The Balaban J connectivity index is 2.02. The first-order valence-corrected chi connectivity index (χ1v) is 6.56. The fourth-order valence-electron chi connectivity index (χ4n) is 2.06. The summed E-state index contributed by atoms with van der Waals surface area (Å²) in [6, 6.07) is 5.20. The number of rotatable bonds is 6. The number of nitrogens with one attached hydrogen (secondary N) is 2. The van der Waals surface area contributed by atoms with Gasteiger partial charge in [0, 0.05) is 17.5 Å². The average Bonchev–Trinajstić information content (AvgIpc) is 2.89. The summed E-state index contributed by atoms with van der Waals surface area (Å²) in [5, 5.41) is 19.3. The first-order chi connectivity index (χ1) is 9.61. The van der Waals surface area contributed by atoms with Gasteiger partial charge in [0.2, 0.25) is 0 Å². The molecule has 0 saturated carbocycles. The molecule has 1 amide bonds. The number of amides is 1. The zero-order valence-electron chi connectivity index (χ0n) is 11.2. The number of carboxylic acids is 1. The van der Waals surface area contributed by atoms with Crippen molar-refractivity contribution >= 4 is 22.8 Å². The number of nitrogens with zero attached hydrogens (tertiary/aromatic N) is 1. The largest absolute Gasteiger partial charge is 0.481 e. The molecule has 20 heavy (non-hydrogen) atoms. The Morgan fingerprint density at radius 1 is 1.45 bits per heavy atom. The number of hydrogen-bond acceptors (Lipinski definition) is 3. The monoisotopic (exact) mass is 275 g/mol. The minimum Gasteiger partial charge on any atom is -0.481 e. The van der Waals surface area contributed by atoms with Gasteiger partial charge < -0.3 is 10.4 Å². The van der Waals surface area contributed by atoms with E-state index in [0.717, 1.165) is 17.3 Å². The van der Waals surface area contributed by atoms with Crippen LogP contribution in [0.3, 0.4) is 0 Å². The van der Waals surface area contributed by atoms with Gasteiger partial charge in [0.25, 0.3) is 5.91 Å². The summed E-state index contributed by atoms with van der Waals surface area (Å²) in [5.74, 6) is -1.69. The topological polar surface area (TPSA) is 95.1 Å². The highest BCUT2D eigenvalue weighted by molar-refractivity contribution is 5.97. The zero-order valence-corrected chi connectivity index (χ0v) is 11.2. The molecule has 1 unspecified atom stereocenters. The third-order valence-corrected chi connectivity index (χ3v) is 3.20. The summed E-state index contributed by atoms with van der Waals surface area (Å²) < 4.78 is 0. The Morgan fingerprint density at radius 3 is 2.95 bits per heavy atom. The summed E-state index contributed by atoms with van der Waals surface area (Å²) in [5.41, 5.74) is 1.27. The summed E-state index contributed by atoms with van der Waals surface area (Å²) in [7, 11) is 0. The molecule has 0 fully saturated rings. The van der Waals surface area contributed by atoms with E-state index >= 15 is 0 Å². The first-order valence-electron chi connectivity index (χ1n) is 6.56. The number of aliphatic carboxylic acids is 1. The third-order valence-electron chi connectivity index (χ3n) is 3.20. The highest BCUT2D eigenvalue weighted by Gasteiger charge is 2.17. The van der Waals surface area contributed by atoms with Crippen LogP contribution in [0.15, 0.2) is 24.4 Å². The van der Waals surface area contributed by atoms with Crippen LogP contribution in [-0.2, 0) is 4.79 Å². The van der Waals surface area contributed by atoms with Crippen molar-refractivity contribution in [1.29, 1.82) is 0 Å². The first kappa shape index (κ1) is 14.0. The second kappa shape index (κ2) is 6.18. The molecule has 0 radical (unpaired) electrons. The van der Waals surface area contributed by atoms with Gasteiger partial charge in [-0.15, -0.1) is 0 Å². The number of hydrogen-bond donors (Lipinski definition) is 3. The summed E-state index contributed by atoms with van der Waals surface area (Å²) in [6.45, 7) is 2.06. The molecule has 0 aliphatic carbocycles. The van der Waals surface area contributed by atoms with Gasteiger partial charge in [-0.2, -0.15) is 5.10 Å². The van der Waals surface area contributed by atoms with Crippen LogP contribution in [-0.4, -0.2) is 33.7 Å². The predicted molar refractivity (Wildman–Crippen MR) is 74.5 cm³/mol. The number of fused-ring (bicyclic) bond motifs is 1. The number of carbonyl (C=O) groups excluding carboxylic acids is 1. The molecule has 6 nitrogen and oxygen atoms in total. The molecule has 0 aliphatic heterocycles. The average molecular weight is 275 g/mol. The number of benzene rings is 1. The van der Waals surface area contributed by atoms with Crippen LogP contribution in [0.5, 0.6) is 0 Å². The molecule has 0 spiro atoms. The molecule has 3 N–H and O–H groups in total. The Hall–Kier alpha value is -2.37. The SMILES string of the molecule is CCCC(CNC(=O)c1ccc2cn[nH]c2c1)C(=O)O. The Morgan fingerprint density at radius 2 is 2.25 bits per heavy atom. The van der Waals surface area contributed by atoms with Crippen LogP contribution in [0, 0.1) is 5.92 Å². The number of carbonyl (C=O) groups is 2. The van der Waals surface area contributed by atoms with Crippen LogP contribution < -0.4 is 5.32 Å². The van der Waals surface area contributed by atoms with Crippen LogP contribution in [0.2, 0.25) is 0 Å². The lowest BCUT2D eigenvalue weighted by atomic mass is 10.0. The summed E-state index contributed by atoms with van der Waals surface area (Å²) >= 11 is 0. The molecule has 0 aliphatic rings. The van der Waals surface area contributed by atoms with Gasteiger partial charge in [-0.1, -0.05) is 19.4 Å². The number of aromatic amines is 1. The maximum Gasteiger partial charge on any atom is 0.308 e. The lowest BCUT2D eigenvalue weighted by Crippen LogP contribution is -2.32. The highest BCUT2D eigenvalue weighted by atomic mass is 16.4. The van der Waals surface area contributed by atoms with Gasteiger partial charge in [0.1, 0.15) is 0 Å². The molecule has 106 valence electrons. The van der Waals surface area contributed by atoms with E-state index in [0.29, 0.717) is 12.0 Å². The molecule has 0 bridgehead atoms. The fourth-order valence-corrected chi connectivity index (χ4v) is 2.06. The zero-order chi connectivity index (χ0) is 14.5. The van der Waals surface area contributed by atoms with Crippen molar-refractivity contribution in [3.63, 3.8) is 0 Å². The van der Waals surface area contributed by atoms with Crippen molar-refractivity contribution in [3.8, 4) is 0 Å². The van der Waals surface area contributed by atoms with Crippen LogP contribution >= 0.6 is 0 Å². The number of aromatic nitrogens is 2. The molecule has 1 aromatic carbocycles. The molecule has 2 rings (SSSR count). The van der Waals surface area contributed by atoms with Crippen molar-refractivity contribution in [2.75, 3.05) is 6.54 Å². The lowest BCUT2D eigenvalue weighted by molar-refractivity contribution is -0.141. The minimum atomic E-state index is -0.879. The second-order valence-electron chi connectivity index (χ2n) is 4.71. The molecule has 1 aromatic heterocycles. The van der Waals surface area contributed by atoms with Crippen molar-refractivity contribution < 1.29 is 14.7 Å². The third kappa shape index (κ3) is 3.14. The van der Waals surface area contributed by atoms with Gasteiger partial charge in [-0.05, 0) is 18.6 Å². The quantitative estimate of drug-likeness (QED) is 0.749. The van der Waals surface area contributed by atoms with Crippen LogP contribution in [0.25, 0.3) is 10.9 Å². The minimum absolute atomic E-state index is 0.142. The highest BCUT2D eigenvalue weighted by Crippen LogP contribution is 2.13. The Labute approximate surface area is 116 Å². The van der Waals surface area contributed by atoms with Crippen LogP contribution in [0.4, 0.5) is 0 Å². The van der Waals surface area contributed by atoms with Gasteiger partial charge in [-0.25, -0.2) is 0 Å². The molecule has 1 heterocycles. The van der Waals surface area contributed by atoms with E-state index < -0.39 is 11.9 Å². The lowest BCUT2D eigenvalue weighted by Gasteiger charge is -2.12. The maximum atomic E-state index is 12.0. The molecular formula is C14H17N3O3. The summed E-state index contributed by atoms with van der Waals surface area (Å²) in [6.07, 6.45) is 3.00. The van der Waals surface area contributed by atoms with Crippen molar-refractivity contribution in [2.24, 2.45) is 5.92 Å². The molecule has 1 atom stereocenters. The van der Waals surface area contributed by atoms with Gasteiger partial charge >= 0.3 is 5.97 Å². The molecular weight excluding hydrogens is 258 g/mol. The van der Waals surface area contributed by atoms with E-state index in [1.54, 1.807) is 24.4 Å². The molecule has 2 aromatic rings. The Kier molecular flexibility index (Phi) is 4.34. The van der Waals surface area contributed by atoms with E-state index in [-0.39, 0.29) is 12.5 Å². The fraction of sp³-hybridized carbons (Fsp3) is 0.357. The van der Waals surface area contributed by atoms with E-state index in [2.05, 4.69) is 15.5 Å². The van der Waals surface area contributed by atoms with Crippen molar-refractivity contribution in [1.82, 2.24) is 15.5 Å². The maximum absolute atomic E-state index is 12.0. The van der Waals surface area contributed by atoms with Gasteiger partial charge in [-0.3, -0.25) is 14.7 Å². The van der Waals surface area contributed by atoms with Crippen LogP contribution in [0.1, 0.15) is 30.1 Å².